The number of fused-ring (bicyclic) bond motifs is 1. The smallest absolute Gasteiger partial charge is 0.173 e. The lowest BCUT2D eigenvalue weighted by molar-refractivity contribution is -0.119. The van der Waals surface area contributed by atoms with Crippen molar-refractivity contribution in [1.82, 2.24) is 9.61 Å². The van der Waals surface area contributed by atoms with E-state index in [4.69, 9.17) is 21.9 Å². The first-order valence-electron chi connectivity index (χ1n) is 8.94. The molecule has 2 aromatic heterocycles. The Morgan fingerprint density at radius 3 is 2.96 bits per heavy atom. The number of aromatic nitrogens is 2. The molecule has 1 aliphatic carbocycles. The van der Waals surface area contributed by atoms with Crippen LogP contribution in [0.15, 0.2) is 23.5 Å². The fourth-order valence-electron chi connectivity index (χ4n) is 3.76. The van der Waals surface area contributed by atoms with Crippen LogP contribution in [0.25, 0.3) is 5.52 Å². The fourth-order valence-corrected chi connectivity index (χ4v) is 3.76. The highest BCUT2D eigenvalue weighted by Crippen LogP contribution is 2.33. The number of nitrogen functional groups attached to an aromatic ring is 1. The molecule has 0 saturated heterocycles. The van der Waals surface area contributed by atoms with Gasteiger partial charge in [-0.3, -0.25) is 4.79 Å². The third-order valence-corrected chi connectivity index (χ3v) is 5.10. The Morgan fingerprint density at radius 2 is 2.22 bits per heavy atom. The lowest BCUT2D eigenvalue weighted by atomic mass is 9.81. The number of nitriles is 1. The standard InChI is InChI=1S/C18H23N7O2/c19-8-7-12(26)9-11-3-1-2-4-14(11)23-17-13(18(21)24-27)10-22-25-15(17)5-6-16(25)20/h5-6,10-11,14,23,27H,1-4,7,9,20H2,(H2,21,24)/t11-,14+/m1/s1. The summed E-state index contributed by atoms with van der Waals surface area (Å²) in [5.74, 6) is 0.503. The maximum atomic E-state index is 12.0. The molecule has 0 amide bonds. The van der Waals surface area contributed by atoms with Gasteiger partial charge in [0.1, 0.15) is 11.6 Å². The third-order valence-electron chi connectivity index (χ3n) is 5.10. The summed E-state index contributed by atoms with van der Waals surface area (Å²) in [7, 11) is 0. The van der Waals surface area contributed by atoms with E-state index in [9.17, 15) is 4.79 Å². The summed E-state index contributed by atoms with van der Waals surface area (Å²) >= 11 is 0. The molecule has 0 aliphatic heterocycles. The monoisotopic (exact) mass is 369 g/mol. The second-order valence-corrected chi connectivity index (χ2v) is 6.85. The summed E-state index contributed by atoms with van der Waals surface area (Å²) in [5.41, 5.74) is 13.6. The number of ketones is 1. The minimum absolute atomic E-state index is 0.0361. The molecule has 0 bridgehead atoms. The van der Waals surface area contributed by atoms with Gasteiger partial charge in [-0.15, -0.1) is 0 Å². The largest absolute Gasteiger partial charge is 0.409 e. The van der Waals surface area contributed by atoms with Crippen molar-refractivity contribution in [3.8, 4) is 6.07 Å². The molecule has 27 heavy (non-hydrogen) atoms. The molecule has 0 unspecified atom stereocenters. The Hall–Kier alpha value is -3.28. The average Bonchev–Trinajstić information content (AvgIpc) is 3.04. The highest BCUT2D eigenvalue weighted by molar-refractivity contribution is 6.05. The molecule has 3 rings (SSSR count). The molecule has 9 heteroatoms. The summed E-state index contributed by atoms with van der Waals surface area (Å²) in [6, 6.07) is 5.51. The molecule has 1 aliphatic rings. The second kappa shape index (κ2) is 7.95. The van der Waals surface area contributed by atoms with Crippen LogP contribution in [0.4, 0.5) is 11.5 Å². The predicted octanol–water partition coefficient (Wildman–Crippen LogP) is 1.85. The van der Waals surface area contributed by atoms with E-state index in [1.54, 1.807) is 10.6 Å². The van der Waals surface area contributed by atoms with Crippen molar-refractivity contribution in [3.05, 3.63) is 23.9 Å². The number of Topliss-reactive ketones (excluding diaryl/α,β-unsaturated/α-hetero) is 1. The number of amidine groups is 1. The fraction of sp³-hybridized carbons (Fsp3) is 0.444. The van der Waals surface area contributed by atoms with Crippen LogP contribution in [-0.2, 0) is 4.79 Å². The number of hydrogen-bond acceptors (Lipinski definition) is 7. The number of carbonyl (C=O) groups is 1. The van der Waals surface area contributed by atoms with Crippen LogP contribution in [0, 0.1) is 17.2 Å². The summed E-state index contributed by atoms with van der Waals surface area (Å²) < 4.78 is 1.58. The number of hydrogen-bond donors (Lipinski definition) is 4. The maximum Gasteiger partial charge on any atom is 0.173 e. The zero-order chi connectivity index (χ0) is 19.4. The molecular weight excluding hydrogens is 346 g/mol. The Bertz CT molecular complexity index is 912. The number of carbonyl (C=O) groups excluding carboxylic acids is 1. The van der Waals surface area contributed by atoms with Gasteiger partial charge in [0.25, 0.3) is 0 Å². The highest BCUT2D eigenvalue weighted by Gasteiger charge is 2.28. The number of rotatable bonds is 6. The molecule has 142 valence electrons. The number of anilines is 2. The number of nitrogens with two attached hydrogens (primary N) is 2. The molecule has 6 N–H and O–H groups in total. The first-order chi connectivity index (χ1) is 13.0. The molecule has 0 aromatic carbocycles. The Balaban J connectivity index is 1.95. The van der Waals surface area contributed by atoms with Crippen LogP contribution in [0.2, 0.25) is 0 Å². The molecule has 2 heterocycles. The first kappa shape index (κ1) is 18.5. The van der Waals surface area contributed by atoms with Gasteiger partial charge in [-0.1, -0.05) is 18.0 Å². The summed E-state index contributed by atoms with van der Waals surface area (Å²) in [6.07, 6.45) is 5.72. The molecule has 2 aromatic rings. The van der Waals surface area contributed by atoms with Gasteiger partial charge in [-0.05, 0) is 30.9 Å². The van der Waals surface area contributed by atoms with Crippen molar-refractivity contribution in [1.29, 1.82) is 5.26 Å². The van der Waals surface area contributed by atoms with Gasteiger partial charge in [-0.2, -0.15) is 10.4 Å². The van der Waals surface area contributed by atoms with Crippen LogP contribution in [0.3, 0.4) is 0 Å². The molecule has 2 atom stereocenters. The van der Waals surface area contributed by atoms with E-state index in [1.807, 2.05) is 12.1 Å². The minimum Gasteiger partial charge on any atom is -0.409 e. The average molecular weight is 369 g/mol. The first-order valence-corrected chi connectivity index (χ1v) is 8.94. The minimum atomic E-state index is -0.0622. The van der Waals surface area contributed by atoms with Crippen LogP contribution in [0.1, 0.15) is 44.1 Å². The van der Waals surface area contributed by atoms with Crippen LogP contribution >= 0.6 is 0 Å². The maximum absolute atomic E-state index is 12.0. The van der Waals surface area contributed by atoms with Crippen molar-refractivity contribution >= 4 is 28.6 Å². The zero-order valence-corrected chi connectivity index (χ0v) is 14.9. The van der Waals surface area contributed by atoms with E-state index in [2.05, 4.69) is 15.6 Å². The van der Waals surface area contributed by atoms with Crippen molar-refractivity contribution < 1.29 is 10.0 Å². The van der Waals surface area contributed by atoms with Crippen LogP contribution < -0.4 is 16.8 Å². The van der Waals surface area contributed by atoms with E-state index in [1.165, 1.54) is 6.20 Å². The summed E-state index contributed by atoms with van der Waals surface area (Å²) in [4.78, 5) is 12.0. The van der Waals surface area contributed by atoms with Gasteiger partial charge >= 0.3 is 0 Å². The van der Waals surface area contributed by atoms with Gasteiger partial charge in [-0.25, -0.2) is 4.52 Å². The molecule has 0 spiro atoms. The highest BCUT2D eigenvalue weighted by atomic mass is 16.4. The zero-order valence-electron chi connectivity index (χ0n) is 14.9. The lowest BCUT2D eigenvalue weighted by Crippen LogP contribution is -2.34. The predicted molar refractivity (Wildman–Crippen MR) is 101 cm³/mol. The van der Waals surface area contributed by atoms with Crippen LogP contribution in [-0.4, -0.2) is 32.5 Å². The van der Waals surface area contributed by atoms with Crippen molar-refractivity contribution in [3.63, 3.8) is 0 Å². The second-order valence-electron chi connectivity index (χ2n) is 6.85. The van der Waals surface area contributed by atoms with Crippen molar-refractivity contribution in [2.75, 3.05) is 11.1 Å². The van der Waals surface area contributed by atoms with Gasteiger partial charge in [0, 0.05) is 12.5 Å². The Kier molecular flexibility index (Phi) is 5.45. The number of nitrogens with zero attached hydrogens (tertiary/aromatic N) is 4. The third kappa shape index (κ3) is 3.79. The van der Waals surface area contributed by atoms with Gasteiger partial charge in [0.05, 0.1) is 35.5 Å². The van der Waals surface area contributed by atoms with Gasteiger partial charge in [0.15, 0.2) is 5.84 Å². The summed E-state index contributed by atoms with van der Waals surface area (Å²) in [6.45, 7) is 0. The molecule has 1 saturated carbocycles. The van der Waals surface area contributed by atoms with Crippen molar-refractivity contribution in [2.24, 2.45) is 16.8 Å². The lowest BCUT2D eigenvalue weighted by Gasteiger charge is -2.33. The van der Waals surface area contributed by atoms with E-state index >= 15 is 0 Å². The summed E-state index contributed by atoms with van der Waals surface area (Å²) in [5, 5.41) is 28.7. The Morgan fingerprint density at radius 1 is 1.44 bits per heavy atom. The van der Waals surface area contributed by atoms with E-state index in [0.29, 0.717) is 29.0 Å². The van der Waals surface area contributed by atoms with Gasteiger partial charge < -0.3 is 22.0 Å². The molecule has 0 radical (unpaired) electrons. The normalized spacial score (nSPS) is 20.3. The van der Waals surface area contributed by atoms with E-state index in [-0.39, 0.29) is 30.0 Å². The molecular formula is C18H23N7O2. The van der Waals surface area contributed by atoms with Crippen LogP contribution in [0.5, 0.6) is 0 Å². The van der Waals surface area contributed by atoms with E-state index in [0.717, 1.165) is 25.7 Å². The van der Waals surface area contributed by atoms with E-state index < -0.39 is 0 Å². The molecule has 1 fully saturated rings. The number of oxime groups is 1. The quantitative estimate of drug-likeness (QED) is 0.262. The SMILES string of the molecule is N#CCC(=O)C[C@H]1CCCC[C@@H]1Nc1c(C(N)=NO)cnn2c(N)ccc12. The van der Waals surface area contributed by atoms with Crippen molar-refractivity contribution in [2.45, 2.75) is 44.6 Å². The number of nitrogens with one attached hydrogen (secondary N) is 1. The topological polar surface area (TPSA) is 155 Å². The Labute approximate surface area is 156 Å². The molecule has 9 nitrogen and oxygen atoms in total. The van der Waals surface area contributed by atoms with Gasteiger partial charge in [0.2, 0.25) is 0 Å².